The summed E-state index contributed by atoms with van der Waals surface area (Å²) < 4.78 is 42.9. The van der Waals surface area contributed by atoms with Crippen LogP contribution in [0.5, 0.6) is 5.75 Å². The molecule has 0 radical (unpaired) electrons. The van der Waals surface area contributed by atoms with Crippen LogP contribution in [-0.2, 0) is 0 Å². The average molecular weight is 495 g/mol. The molecule has 1 aromatic heterocycles. The van der Waals surface area contributed by atoms with Gasteiger partial charge < -0.3 is 15.4 Å². The van der Waals surface area contributed by atoms with E-state index in [0.29, 0.717) is 23.0 Å². The van der Waals surface area contributed by atoms with Crippen molar-refractivity contribution in [1.82, 2.24) is 9.97 Å². The lowest BCUT2D eigenvalue weighted by Crippen LogP contribution is -2.27. The minimum atomic E-state index is -4.77. The maximum atomic E-state index is 12.6. The zero-order chi connectivity index (χ0) is 22.8. The maximum absolute atomic E-state index is 12.6. The number of anilines is 3. The first-order chi connectivity index (χ1) is 14.4. The first kappa shape index (κ1) is 22.9. The molecule has 2 N–H and O–H groups in total. The highest BCUT2D eigenvalue weighted by Gasteiger charge is 2.31. The number of alkyl halides is 3. The Balaban J connectivity index is 2.04. The highest BCUT2D eigenvalue weighted by atomic mass is 79.9. The van der Waals surface area contributed by atoms with Crippen LogP contribution in [0, 0.1) is 6.92 Å². The van der Waals surface area contributed by atoms with Gasteiger partial charge in [-0.3, -0.25) is 0 Å². The highest BCUT2D eigenvalue weighted by molar-refractivity contribution is 9.10. The maximum Gasteiger partial charge on any atom is 0.573 e. The van der Waals surface area contributed by atoms with Crippen molar-refractivity contribution in [2.24, 2.45) is 0 Å². The van der Waals surface area contributed by atoms with Crippen LogP contribution in [-0.4, -0.2) is 21.9 Å². The summed E-state index contributed by atoms with van der Waals surface area (Å²) in [6, 6.07) is 13.1. The molecule has 0 bridgehead atoms. The lowest BCUT2D eigenvalue weighted by molar-refractivity contribution is -0.274. The molecule has 0 aliphatic carbocycles. The van der Waals surface area contributed by atoms with Crippen LogP contribution in [0.25, 0.3) is 11.3 Å². The molecule has 1 heterocycles. The number of benzene rings is 2. The molecular weight excluding hydrogens is 473 g/mol. The van der Waals surface area contributed by atoms with Gasteiger partial charge in [-0.05, 0) is 57.5 Å². The number of rotatable bonds is 5. The van der Waals surface area contributed by atoms with Gasteiger partial charge in [0.1, 0.15) is 11.6 Å². The smallest absolute Gasteiger partial charge is 0.406 e. The van der Waals surface area contributed by atoms with Gasteiger partial charge in [0, 0.05) is 27.3 Å². The molecular formula is C22H22BrF3N4O. The van der Waals surface area contributed by atoms with Crippen LogP contribution in [0.3, 0.4) is 0 Å². The Morgan fingerprint density at radius 3 is 2.35 bits per heavy atom. The Kier molecular flexibility index (Phi) is 6.45. The summed E-state index contributed by atoms with van der Waals surface area (Å²) in [7, 11) is 0. The molecule has 3 rings (SSSR count). The number of halogens is 4. The fraction of sp³-hybridized carbons (Fsp3) is 0.273. The van der Waals surface area contributed by atoms with Gasteiger partial charge in [-0.1, -0.05) is 34.1 Å². The van der Waals surface area contributed by atoms with E-state index < -0.39 is 6.36 Å². The van der Waals surface area contributed by atoms with Crippen molar-refractivity contribution in [2.75, 3.05) is 10.6 Å². The third-order valence-electron chi connectivity index (χ3n) is 4.11. The van der Waals surface area contributed by atoms with Crippen molar-refractivity contribution >= 4 is 33.4 Å². The Hall–Kier alpha value is -2.81. The van der Waals surface area contributed by atoms with E-state index in [0.717, 1.165) is 15.7 Å². The minimum Gasteiger partial charge on any atom is -0.406 e. The zero-order valence-corrected chi connectivity index (χ0v) is 19.0. The van der Waals surface area contributed by atoms with E-state index in [1.165, 1.54) is 18.2 Å². The SMILES string of the molecule is Cc1c(Br)cccc1Nc1cc(-c2cccc(OC(F)(F)F)c2)nc(NC(C)(C)C)n1. The molecule has 0 aliphatic rings. The number of hydrogen-bond acceptors (Lipinski definition) is 5. The number of ether oxygens (including phenoxy) is 1. The van der Waals surface area contributed by atoms with Gasteiger partial charge in [0.2, 0.25) is 5.95 Å². The minimum absolute atomic E-state index is 0.314. The second-order valence-electron chi connectivity index (χ2n) is 7.95. The molecule has 3 aromatic rings. The van der Waals surface area contributed by atoms with Crippen molar-refractivity contribution in [3.8, 4) is 17.0 Å². The molecule has 0 aliphatic heterocycles. The topological polar surface area (TPSA) is 59.1 Å². The summed E-state index contributed by atoms with van der Waals surface area (Å²) in [6.07, 6.45) is -4.77. The van der Waals surface area contributed by atoms with Gasteiger partial charge in [-0.15, -0.1) is 13.2 Å². The highest BCUT2D eigenvalue weighted by Crippen LogP contribution is 2.31. The Bertz CT molecular complexity index is 1080. The Morgan fingerprint density at radius 1 is 0.968 bits per heavy atom. The van der Waals surface area contributed by atoms with E-state index in [9.17, 15) is 13.2 Å². The summed E-state index contributed by atoms with van der Waals surface area (Å²) in [4.78, 5) is 9.03. The van der Waals surface area contributed by atoms with Crippen molar-refractivity contribution < 1.29 is 17.9 Å². The number of hydrogen-bond donors (Lipinski definition) is 2. The molecule has 164 valence electrons. The van der Waals surface area contributed by atoms with E-state index in [-0.39, 0.29) is 11.3 Å². The third kappa shape index (κ3) is 6.58. The van der Waals surface area contributed by atoms with Crippen LogP contribution in [0.15, 0.2) is 53.0 Å². The van der Waals surface area contributed by atoms with Crippen LogP contribution in [0.4, 0.5) is 30.6 Å². The van der Waals surface area contributed by atoms with Crippen LogP contribution >= 0.6 is 15.9 Å². The molecule has 0 amide bonds. The van der Waals surface area contributed by atoms with Crippen molar-refractivity contribution in [2.45, 2.75) is 39.6 Å². The predicted molar refractivity (Wildman–Crippen MR) is 120 cm³/mol. The third-order valence-corrected chi connectivity index (χ3v) is 4.97. The largest absolute Gasteiger partial charge is 0.573 e. The lowest BCUT2D eigenvalue weighted by Gasteiger charge is -2.21. The molecule has 0 fully saturated rings. The Labute approximate surface area is 187 Å². The zero-order valence-electron chi connectivity index (χ0n) is 17.4. The molecule has 2 aromatic carbocycles. The van der Waals surface area contributed by atoms with Crippen LogP contribution in [0.1, 0.15) is 26.3 Å². The molecule has 5 nitrogen and oxygen atoms in total. The molecule has 9 heteroatoms. The number of aromatic nitrogens is 2. The summed E-state index contributed by atoms with van der Waals surface area (Å²) in [5.41, 5.74) is 2.44. The number of nitrogens with one attached hydrogen (secondary N) is 2. The molecule has 0 saturated heterocycles. The summed E-state index contributed by atoms with van der Waals surface area (Å²) >= 11 is 3.51. The van der Waals surface area contributed by atoms with Gasteiger partial charge in [0.15, 0.2) is 0 Å². The first-order valence-electron chi connectivity index (χ1n) is 9.45. The van der Waals surface area contributed by atoms with Gasteiger partial charge in [-0.2, -0.15) is 4.98 Å². The van der Waals surface area contributed by atoms with Crippen molar-refractivity contribution in [1.29, 1.82) is 0 Å². The van der Waals surface area contributed by atoms with Gasteiger partial charge in [-0.25, -0.2) is 4.98 Å². The normalized spacial score (nSPS) is 11.9. The first-order valence-corrected chi connectivity index (χ1v) is 10.2. The van der Waals surface area contributed by atoms with E-state index in [4.69, 9.17) is 0 Å². The summed E-state index contributed by atoms with van der Waals surface area (Å²) in [5, 5.41) is 6.48. The van der Waals surface area contributed by atoms with Crippen LogP contribution in [0.2, 0.25) is 0 Å². The molecule has 0 spiro atoms. The van der Waals surface area contributed by atoms with Crippen molar-refractivity contribution in [3.05, 3.63) is 58.6 Å². The van der Waals surface area contributed by atoms with E-state index >= 15 is 0 Å². The van der Waals surface area contributed by atoms with E-state index in [1.54, 1.807) is 12.1 Å². The Morgan fingerprint density at radius 2 is 1.68 bits per heavy atom. The monoisotopic (exact) mass is 494 g/mol. The fourth-order valence-corrected chi connectivity index (χ4v) is 3.15. The van der Waals surface area contributed by atoms with E-state index in [2.05, 4.69) is 41.3 Å². The molecule has 0 saturated carbocycles. The van der Waals surface area contributed by atoms with Gasteiger partial charge >= 0.3 is 6.36 Å². The summed E-state index contributed by atoms with van der Waals surface area (Å²) in [6.45, 7) is 7.85. The molecule has 31 heavy (non-hydrogen) atoms. The van der Waals surface area contributed by atoms with Crippen LogP contribution < -0.4 is 15.4 Å². The lowest BCUT2D eigenvalue weighted by atomic mass is 10.1. The quantitative estimate of drug-likeness (QED) is 0.397. The fourth-order valence-electron chi connectivity index (χ4n) is 2.78. The van der Waals surface area contributed by atoms with Gasteiger partial charge in [0.25, 0.3) is 0 Å². The summed E-state index contributed by atoms with van der Waals surface area (Å²) in [5.74, 6) is 0.536. The number of nitrogens with zero attached hydrogens (tertiary/aromatic N) is 2. The molecule has 0 unspecified atom stereocenters. The van der Waals surface area contributed by atoms with Crippen molar-refractivity contribution in [3.63, 3.8) is 0 Å². The standard InChI is InChI=1S/C22H22BrF3N4O/c1-13-16(23)9-6-10-17(13)27-19-12-18(28-20(29-19)30-21(2,3)4)14-7-5-8-15(11-14)31-22(24,25)26/h5-12H,1-4H3,(H2,27,28,29,30). The predicted octanol–water partition coefficient (Wildman–Crippen LogP) is 7.07. The second-order valence-corrected chi connectivity index (χ2v) is 8.80. The van der Waals surface area contributed by atoms with E-state index in [1.807, 2.05) is 45.9 Å². The second kappa shape index (κ2) is 8.74. The molecule has 0 atom stereocenters. The average Bonchev–Trinajstić information content (AvgIpc) is 2.63. The van der Waals surface area contributed by atoms with Gasteiger partial charge in [0.05, 0.1) is 5.69 Å².